The predicted molar refractivity (Wildman–Crippen MR) is 138 cm³/mol. The minimum Gasteiger partial charge on any atom is -0.459 e. The Balaban J connectivity index is 1.22. The van der Waals surface area contributed by atoms with E-state index in [4.69, 9.17) is 9.15 Å². The van der Waals surface area contributed by atoms with Crippen molar-refractivity contribution in [3.8, 4) is 5.75 Å². The summed E-state index contributed by atoms with van der Waals surface area (Å²) in [4.78, 5) is 29.4. The number of ether oxygens (including phenoxy) is 1. The van der Waals surface area contributed by atoms with Gasteiger partial charge in [0.15, 0.2) is 0 Å². The van der Waals surface area contributed by atoms with Crippen LogP contribution in [-0.4, -0.2) is 17.0 Å². The largest absolute Gasteiger partial charge is 0.459 e. The molecule has 0 spiro atoms. The van der Waals surface area contributed by atoms with Crippen LogP contribution in [0.15, 0.2) is 95.5 Å². The highest BCUT2D eigenvalue weighted by molar-refractivity contribution is 7.82. The van der Waals surface area contributed by atoms with Crippen LogP contribution in [0, 0.1) is 0 Å². The monoisotopic (exact) mass is 483 g/mol. The molecule has 0 aliphatic heterocycles. The summed E-state index contributed by atoms with van der Waals surface area (Å²) in [5.74, 6) is 0.404. The maximum absolute atomic E-state index is 12.7. The lowest BCUT2D eigenvalue weighted by atomic mass is 10.1. The average molecular weight is 484 g/mol. The zero-order valence-electron chi connectivity index (χ0n) is 18.7. The van der Waals surface area contributed by atoms with Crippen LogP contribution in [0.25, 0.3) is 21.7 Å². The van der Waals surface area contributed by atoms with Crippen LogP contribution in [0.1, 0.15) is 29.2 Å². The summed E-state index contributed by atoms with van der Waals surface area (Å²) >= 11 is 4.32. The number of esters is 1. The maximum Gasteiger partial charge on any atom is 0.362 e. The van der Waals surface area contributed by atoms with E-state index in [-0.39, 0.29) is 11.7 Å². The molecule has 1 atom stereocenters. The molecular formula is C27H21N3O4S. The van der Waals surface area contributed by atoms with Crippen LogP contribution >= 0.6 is 12.8 Å². The molecule has 2 heterocycles. The van der Waals surface area contributed by atoms with Gasteiger partial charge in [-0.2, -0.15) is 0 Å². The Kier molecular flexibility index (Phi) is 6.12. The van der Waals surface area contributed by atoms with Crippen molar-refractivity contribution in [1.29, 1.82) is 0 Å². The summed E-state index contributed by atoms with van der Waals surface area (Å²) in [5.41, 5.74) is 1.48. The third-order valence-electron chi connectivity index (χ3n) is 5.54. The number of fused-ring (bicyclic) bond motifs is 2. The van der Waals surface area contributed by atoms with E-state index in [1.807, 2.05) is 61.5 Å². The lowest BCUT2D eigenvalue weighted by molar-refractivity contribution is 0.0729. The van der Waals surface area contributed by atoms with Gasteiger partial charge in [-0.3, -0.25) is 0 Å². The number of anilines is 1. The van der Waals surface area contributed by atoms with Crippen LogP contribution in [0.3, 0.4) is 0 Å². The zero-order chi connectivity index (χ0) is 24.4. The highest BCUT2D eigenvalue weighted by Crippen LogP contribution is 2.26. The van der Waals surface area contributed by atoms with Crippen molar-refractivity contribution in [3.05, 3.63) is 103 Å². The Morgan fingerprint density at radius 2 is 1.63 bits per heavy atom. The third kappa shape index (κ3) is 4.83. The first-order valence-electron chi connectivity index (χ1n) is 10.9. The SMILES string of the molecule is CC(NC(=O)N(S)c1ccc(OC(=O)c2cc3ccccc3cn2)cc1)c1cc2ccccc2o1. The van der Waals surface area contributed by atoms with Crippen molar-refractivity contribution in [2.24, 2.45) is 0 Å². The van der Waals surface area contributed by atoms with Crippen LogP contribution < -0.4 is 14.4 Å². The molecule has 1 N–H and O–H groups in total. The van der Waals surface area contributed by atoms with Crippen LogP contribution in [-0.2, 0) is 0 Å². The number of rotatable bonds is 5. The van der Waals surface area contributed by atoms with Crippen molar-refractivity contribution >= 4 is 52.2 Å². The molecule has 0 saturated heterocycles. The van der Waals surface area contributed by atoms with E-state index >= 15 is 0 Å². The molecule has 5 rings (SSSR count). The maximum atomic E-state index is 12.7. The summed E-state index contributed by atoms with van der Waals surface area (Å²) in [6.07, 6.45) is 1.64. The van der Waals surface area contributed by atoms with Gasteiger partial charge in [-0.15, -0.1) is 0 Å². The van der Waals surface area contributed by atoms with Gasteiger partial charge in [-0.1, -0.05) is 55.3 Å². The van der Waals surface area contributed by atoms with Gasteiger partial charge in [0.25, 0.3) is 0 Å². The van der Waals surface area contributed by atoms with Crippen molar-refractivity contribution in [2.75, 3.05) is 4.31 Å². The Labute approximate surface area is 206 Å². The van der Waals surface area contributed by atoms with E-state index in [0.29, 0.717) is 17.2 Å². The molecule has 3 aromatic carbocycles. The van der Waals surface area contributed by atoms with E-state index in [2.05, 4.69) is 23.1 Å². The molecule has 0 bridgehead atoms. The topological polar surface area (TPSA) is 84.7 Å². The van der Waals surface area contributed by atoms with Crippen molar-refractivity contribution in [2.45, 2.75) is 13.0 Å². The molecule has 0 radical (unpaired) electrons. The molecule has 1 unspecified atom stereocenters. The molecule has 0 saturated carbocycles. The summed E-state index contributed by atoms with van der Waals surface area (Å²) in [7, 11) is 0. The van der Waals surface area contributed by atoms with Gasteiger partial charge in [0.05, 0.1) is 11.7 Å². The number of pyridine rings is 1. The second-order valence-electron chi connectivity index (χ2n) is 7.97. The minimum absolute atomic E-state index is 0.211. The number of amides is 2. The van der Waals surface area contributed by atoms with Crippen LogP contribution in [0.2, 0.25) is 0 Å². The first-order chi connectivity index (χ1) is 17.0. The molecule has 5 aromatic rings. The molecule has 0 aliphatic carbocycles. The molecule has 174 valence electrons. The third-order valence-corrected chi connectivity index (χ3v) is 5.95. The molecule has 7 nitrogen and oxygen atoms in total. The number of nitrogens with zero attached hydrogens (tertiary/aromatic N) is 2. The van der Waals surface area contributed by atoms with Gasteiger partial charge in [0, 0.05) is 17.0 Å². The molecule has 2 amide bonds. The smallest absolute Gasteiger partial charge is 0.362 e. The number of nitrogens with one attached hydrogen (secondary N) is 1. The fourth-order valence-corrected chi connectivity index (χ4v) is 3.85. The number of hydrogen-bond donors (Lipinski definition) is 2. The minimum atomic E-state index is -0.566. The lowest BCUT2D eigenvalue weighted by Gasteiger charge is -2.19. The number of aromatic nitrogens is 1. The average Bonchev–Trinajstić information content (AvgIpc) is 3.33. The second-order valence-corrected chi connectivity index (χ2v) is 8.37. The summed E-state index contributed by atoms with van der Waals surface area (Å²) < 4.78 is 12.4. The predicted octanol–water partition coefficient (Wildman–Crippen LogP) is 6.32. The number of thiol groups is 1. The summed E-state index contributed by atoms with van der Waals surface area (Å²) in [5, 5.41) is 5.67. The first kappa shape index (κ1) is 22.5. The number of carbonyl (C=O) groups excluding carboxylic acids is 2. The molecule has 35 heavy (non-hydrogen) atoms. The molecule has 0 fully saturated rings. The summed E-state index contributed by atoms with van der Waals surface area (Å²) in [6.45, 7) is 1.83. The number of hydrogen-bond acceptors (Lipinski definition) is 6. The van der Waals surface area contributed by atoms with Crippen LogP contribution in [0.5, 0.6) is 5.75 Å². The van der Waals surface area contributed by atoms with Crippen molar-refractivity contribution < 1.29 is 18.7 Å². The zero-order valence-corrected chi connectivity index (χ0v) is 19.6. The van der Waals surface area contributed by atoms with Gasteiger partial charge >= 0.3 is 12.0 Å². The van der Waals surface area contributed by atoms with E-state index in [1.54, 1.807) is 36.5 Å². The molecule has 8 heteroatoms. The second kappa shape index (κ2) is 9.52. The van der Waals surface area contributed by atoms with Gasteiger partial charge in [0.2, 0.25) is 0 Å². The van der Waals surface area contributed by atoms with Crippen molar-refractivity contribution in [1.82, 2.24) is 10.3 Å². The van der Waals surface area contributed by atoms with E-state index in [1.165, 1.54) is 4.31 Å². The normalized spacial score (nSPS) is 11.8. The number of carbonyl (C=O) groups is 2. The number of para-hydroxylation sites is 1. The first-order valence-corrected chi connectivity index (χ1v) is 11.3. The quantitative estimate of drug-likeness (QED) is 0.174. The summed E-state index contributed by atoms with van der Waals surface area (Å²) in [6, 6.07) is 24.5. The Morgan fingerprint density at radius 1 is 0.943 bits per heavy atom. The fraction of sp³-hybridized carbons (Fsp3) is 0.0741. The fourth-order valence-electron chi connectivity index (χ4n) is 3.66. The molecule has 0 aliphatic rings. The standard InChI is InChI=1S/C27H21N3O4S/c1-17(25-15-19-7-4-5-9-24(19)34-25)29-27(32)30(35)21-10-12-22(13-11-21)33-26(31)23-14-18-6-2-3-8-20(18)16-28-23/h2-17,35H,1H3,(H,29,32). The Bertz CT molecular complexity index is 1500. The van der Waals surface area contributed by atoms with Crippen LogP contribution in [0.4, 0.5) is 10.5 Å². The van der Waals surface area contributed by atoms with E-state index < -0.39 is 12.0 Å². The van der Waals surface area contributed by atoms with Gasteiger partial charge in [-0.25, -0.2) is 18.9 Å². The van der Waals surface area contributed by atoms with Gasteiger partial charge < -0.3 is 14.5 Å². The van der Waals surface area contributed by atoms with E-state index in [9.17, 15) is 9.59 Å². The number of furan rings is 1. The lowest BCUT2D eigenvalue weighted by Crippen LogP contribution is -2.35. The van der Waals surface area contributed by atoms with Gasteiger partial charge in [0.1, 0.15) is 22.8 Å². The van der Waals surface area contributed by atoms with E-state index in [0.717, 1.165) is 21.7 Å². The number of urea groups is 1. The molecule has 2 aromatic heterocycles. The molecular weight excluding hydrogens is 462 g/mol. The Hall–Kier alpha value is -4.30. The highest BCUT2D eigenvalue weighted by Gasteiger charge is 2.19. The Morgan fingerprint density at radius 3 is 2.37 bits per heavy atom. The number of benzene rings is 3. The highest BCUT2D eigenvalue weighted by atomic mass is 32.1. The van der Waals surface area contributed by atoms with Gasteiger partial charge in [-0.05, 0) is 54.8 Å². The van der Waals surface area contributed by atoms with Crippen molar-refractivity contribution in [3.63, 3.8) is 0 Å².